The van der Waals surface area contributed by atoms with Crippen LogP contribution in [0, 0.1) is 26.6 Å². The second kappa shape index (κ2) is 6.71. The number of likely N-dealkylation sites (N-methyl/N-ethyl adjacent to an activating group) is 1. The Balaban J connectivity index is 2.36. The minimum absolute atomic E-state index is 0.153. The monoisotopic (exact) mass is 349 g/mol. The summed E-state index contributed by atoms with van der Waals surface area (Å²) in [6, 6.07) is 9.47. The van der Waals surface area contributed by atoms with Crippen LogP contribution in [-0.2, 0) is 6.42 Å². The van der Waals surface area contributed by atoms with Gasteiger partial charge in [0.2, 0.25) is 0 Å². The summed E-state index contributed by atoms with van der Waals surface area (Å²) in [5.41, 5.74) is 6.35. The summed E-state index contributed by atoms with van der Waals surface area (Å²) < 4.78 is 14.1. The van der Waals surface area contributed by atoms with E-state index in [1.54, 1.807) is 0 Å². The first-order chi connectivity index (χ1) is 9.92. The zero-order valence-electron chi connectivity index (χ0n) is 12.9. The van der Waals surface area contributed by atoms with Gasteiger partial charge in [0.25, 0.3) is 0 Å². The molecule has 1 N–H and O–H groups in total. The zero-order chi connectivity index (χ0) is 15.6. The van der Waals surface area contributed by atoms with Crippen LogP contribution in [0.4, 0.5) is 4.39 Å². The minimum Gasteiger partial charge on any atom is -0.313 e. The number of hydrogen-bond acceptors (Lipinski definition) is 1. The molecule has 1 unspecified atom stereocenters. The summed E-state index contributed by atoms with van der Waals surface area (Å²) >= 11 is 3.47. The molecule has 0 aromatic heterocycles. The topological polar surface area (TPSA) is 12.0 Å². The van der Waals surface area contributed by atoms with E-state index in [1.165, 1.54) is 34.4 Å². The molecular weight excluding hydrogens is 329 g/mol. The highest BCUT2D eigenvalue weighted by Gasteiger charge is 2.16. The molecule has 0 bridgehead atoms. The molecule has 112 valence electrons. The predicted molar refractivity (Wildman–Crippen MR) is 90.3 cm³/mol. The maximum atomic E-state index is 13.3. The molecule has 0 spiro atoms. The third-order valence-corrected chi connectivity index (χ3v) is 4.62. The van der Waals surface area contributed by atoms with Gasteiger partial charge in [-0.15, -0.1) is 0 Å². The van der Waals surface area contributed by atoms with E-state index < -0.39 is 0 Å². The van der Waals surface area contributed by atoms with E-state index >= 15 is 0 Å². The molecular formula is C18H21BrFN. The Morgan fingerprint density at radius 2 is 1.71 bits per heavy atom. The van der Waals surface area contributed by atoms with E-state index in [9.17, 15) is 4.39 Å². The van der Waals surface area contributed by atoms with Crippen molar-refractivity contribution in [2.24, 2.45) is 0 Å². The molecule has 1 atom stereocenters. The van der Waals surface area contributed by atoms with Crippen LogP contribution in [0.15, 0.2) is 34.8 Å². The summed E-state index contributed by atoms with van der Waals surface area (Å²) in [5, 5.41) is 3.34. The van der Waals surface area contributed by atoms with Crippen LogP contribution in [0.2, 0.25) is 0 Å². The minimum atomic E-state index is -0.219. The van der Waals surface area contributed by atoms with Crippen LogP contribution in [0.25, 0.3) is 0 Å². The molecule has 0 saturated heterocycles. The van der Waals surface area contributed by atoms with Crippen LogP contribution >= 0.6 is 15.9 Å². The van der Waals surface area contributed by atoms with E-state index in [0.29, 0.717) is 0 Å². The lowest BCUT2D eigenvalue weighted by molar-refractivity contribution is 0.580. The Hall–Kier alpha value is -1.19. The van der Waals surface area contributed by atoms with Crippen molar-refractivity contribution in [2.45, 2.75) is 33.2 Å². The van der Waals surface area contributed by atoms with Gasteiger partial charge in [-0.1, -0.05) is 39.7 Å². The molecule has 2 rings (SSSR count). The van der Waals surface area contributed by atoms with Gasteiger partial charge in [0.05, 0.1) is 0 Å². The van der Waals surface area contributed by atoms with Crippen molar-refractivity contribution in [2.75, 3.05) is 7.05 Å². The zero-order valence-corrected chi connectivity index (χ0v) is 14.5. The summed E-state index contributed by atoms with van der Waals surface area (Å²) in [5.74, 6) is -0.219. The molecule has 0 aliphatic heterocycles. The number of benzene rings is 2. The van der Waals surface area contributed by atoms with Crippen LogP contribution in [0.5, 0.6) is 0 Å². The summed E-state index contributed by atoms with van der Waals surface area (Å²) in [7, 11) is 1.94. The fourth-order valence-electron chi connectivity index (χ4n) is 2.89. The SMILES string of the molecule is CNC(Cc1c(C)cc(C)cc1C)c1ccc(F)cc1Br. The van der Waals surface area contributed by atoms with Crippen molar-refractivity contribution in [1.29, 1.82) is 0 Å². The van der Waals surface area contributed by atoms with Crippen LogP contribution in [-0.4, -0.2) is 7.05 Å². The number of halogens is 2. The number of rotatable bonds is 4. The number of hydrogen-bond donors (Lipinski definition) is 1. The predicted octanol–water partition coefficient (Wildman–Crippen LogP) is 5.02. The van der Waals surface area contributed by atoms with Gasteiger partial charge in [0.15, 0.2) is 0 Å². The Morgan fingerprint density at radius 3 is 2.24 bits per heavy atom. The molecule has 3 heteroatoms. The van der Waals surface area contributed by atoms with Gasteiger partial charge in [-0.05, 0) is 68.6 Å². The van der Waals surface area contributed by atoms with Crippen molar-refractivity contribution in [3.05, 3.63) is 68.4 Å². The maximum Gasteiger partial charge on any atom is 0.124 e. The molecule has 0 fully saturated rings. The summed E-state index contributed by atoms with van der Waals surface area (Å²) in [6.07, 6.45) is 0.888. The highest BCUT2D eigenvalue weighted by Crippen LogP contribution is 2.29. The number of nitrogens with one attached hydrogen (secondary N) is 1. The third kappa shape index (κ3) is 3.72. The first-order valence-corrected chi connectivity index (χ1v) is 7.90. The van der Waals surface area contributed by atoms with Gasteiger partial charge in [-0.25, -0.2) is 4.39 Å². The van der Waals surface area contributed by atoms with Crippen LogP contribution in [0.1, 0.15) is 33.9 Å². The lowest BCUT2D eigenvalue weighted by Crippen LogP contribution is -2.20. The summed E-state index contributed by atoms with van der Waals surface area (Å²) in [6.45, 7) is 6.43. The molecule has 0 saturated carbocycles. The Kier molecular flexibility index (Phi) is 5.17. The van der Waals surface area contributed by atoms with Gasteiger partial charge in [0, 0.05) is 10.5 Å². The fourth-order valence-corrected chi connectivity index (χ4v) is 3.51. The highest BCUT2D eigenvalue weighted by molar-refractivity contribution is 9.10. The van der Waals surface area contributed by atoms with E-state index in [-0.39, 0.29) is 11.9 Å². The third-order valence-electron chi connectivity index (χ3n) is 3.93. The molecule has 0 aliphatic carbocycles. The highest BCUT2D eigenvalue weighted by atomic mass is 79.9. The van der Waals surface area contributed by atoms with E-state index in [1.807, 2.05) is 13.1 Å². The van der Waals surface area contributed by atoms with Crippen LogP contribution < -0.4 is 5.32 Å². The van der Waals surface area contributed by atoms with Crippen molar-refractivity contribution in [3.63, 3.8) is 0 Å². The fraction of sp³-hybridized carbons (Fsp3) is 0.333. The maximum absolute atomic E-state index is 13.3. The van der Waals surface area contributed by atoms with Crippen LogP contribution in [0.3, 0.4) is 0 Å². The largest absolute Gasteiger partial charge is 0.313 e. The van der Waals surface area contributed by atoms with Gasteiger partial charge in [0.1, 0.15) is 5.82 Å². The van der Waals surface area contributed by atoms with Gasteiger partial charge in [-0.3, -0.25) is 0 Å². The van der Waals surface area contributed by atoms with E-state index in [2.05, 4.69) is 54.2 Å². The Labute approximate surface area is 134 Å². The van der Waals surface area contributed by atoms with Gasteiger partial charge >= 0.3 is 0 Å². The molecule has 2 aromatic rings. The molecule has 1 nitrogen and oxygen atoms in total. The first-order valence-electron chi connectivity index (χ1n) is 7.11. The second-order valence-corrected chi connectivity index (χ2v) is 6.44. The smallest absolute Gasteiger partial charge is 0.124 e. The normalized spacial score (nSPS) is 12.5. The van der Waals surface area contributed by atoms with E-state index in [0.717, 1.165) is 16.5 Å². The second-order valence-electron chi connectivity index (χ2n) is 5.59. The first kappa shape index (κ1) is 16.2. The van der Waals surface area contributed by atoms with Crippen molar-refractivity contribution < 1.29 is 4.39 Å². The molecule has 2 aromatic carbocycles. The van der Waals surface area contributed by atoms with Crippen molar-refractivity contribution in [3.8, 4) is 0 Å². The molecule has 0 radical (unpaired) electrons. The molecule has 0 amide bonds. The van der Waals surface area contributed by atoms with E-state index in [4.69, 9.17) is 0 Å². The Bertz CT molecular complexity index is 629. The molecule has 0 heterocycles. The Morgan fingerprint density at radius 1 is 1.10 bits per heavy atom. The average Bonchev–Trinajstić information content (AvgIpc) is 2.39. The average molecular weight is 350 g/mol. The van der Waals surface area contributed by atoms with Gasteiger partial charge in [-0.2, -0.15) is 0 Å². The van der Waals surface area contributed by atoms with Gasteiger partial charge < -0.3 is 5.32 Å². The van der Waals surface area contributed by atoms with Crippen molar-refractivity contribution in [1.82, 2.24) is 5.32 Å². The standard InChI is InChI=1S/C18H21BrFN/c1-11-7-12(2)16(13(3)8-11)10-18(21-4)15-6-5-14(20)9-17(15)19/h5-9,18,21H,10H2,1-4H3. The lowest BCUT2D eigenvalue weighted by atomic mass is 9.92. The summed E-state index contributed by atoms with van der Waals surface area (Å²) in [4.78, 5) is 0. The lowest BCUT2D eigenvalue weighted by Gasteiger charge is -2.21. The molecule has 21 heavy (non-hydrogen) atoms. The number of aryl methyl sites for hydroxylation is 3. The van der Waals surface area contributed by atoms with Crippen molar-refractivity contribution >= 4 is 15.9 Å². The quantitative estimate of drug-likeness (QED) is 0.817. The molecule has 0 aliphatic rings.